The van der Waals surface area contributed by atoms with Crippen molar-refractivity contribution in [2.45, 2.75) is 32.5 Å². The van der Waals surface area contributed by atoms with E-state index >= 15 is 0 Å². The summed E-state index contributed by atoms with van der Waals surface area (Å²) in [4.78, 5) is 48.3. The monoisotopic (exact) mass is 429 g/mol. The fraction of sp³-hybridized carbons (Fsp3) is 0.263. The Labute approximate surface area is 173 Å². The van der Waals surface area contributed by atoms with E-state index in [9.17, 15) is 14.4 Å². The summed E-state index contributed by atoms with van der Waals surface area (Å²) in [7, 11) is 0. The highest BCUT2D eigenvalue weighted by Crippen LogP contribution is 2.28. The summed E-state index contributed by atoms with van der Waals surface area (Å²) in [5.41, 5.74) is 2.49. The number of aromatic amines is 2. The Morgan fingerprint density at radius 1 is 1.24 bits per heavy atom. The lowest BCUT2D eigenvalue weighted by molar-refractivity contribution is -0.113. The van der Waals surface area contributed by atoms with Crippen molar-refractivity contribution in [1.82, 2.24) is 19.5 Å². The molecule has 29 heavy (non-hydrogen) atoms. The molecule has 0 radical (unpaired) electrons. The molecule has 0 unspecified atom stereocenters. The number of benzene rings is 1. The predicted molar refractivity (Wildman–Crippen MR) is 117 cm³/mol. The number of imidazole rings is 1. The Balaban J connectivity index is 1.54. The number of aromatic nitrogens is 4. The van der Waals surface area contributed by atoms with Gasteiger partial charge in [-0.05, 0) is 44.5 Å². The van der Waals surface area contributed by atoms with Gasteiger partial charge in [0, 0.05) is 17.1 Å². The molecule has 0 saturated carbocycles. The molecule has 8 nitrogen and oxygen atoms in total. The Hall–Kier alpha value is -2.85. The zero-order chi connectivity index (χ0) is 20.7. The van der Waals surface area contributed by atoms with E-state index in [-0.39, 0.29) is 22.9 Å². The minimum absolute atomic E-state index is 0.0656. The number of thioether (sulfide) groups is 1. The molecule has 0 saturated heterocycles. The van der Waals surface area contributed by atoms with E-state index < -0.39 is 0 Å². The number of hydrogen-bond acceptors (Lipinski definition) is 6. The normalized spacial score (nSPS) is 11.4. The minimum Gasteiger partial charge on any atom is -0.325 e. The lowest BCUT2D eigenvalue weighted by atomic mass is 10.2. The second-order valence-corrected chi connectivity index (χ2v) is 8.73. The summed E-state index contributed by atoms with van der Waals surface area (Å²) in [6.45, 7) is 6.29. The van der Waals surface area contributed by atoms with Crippen LogP contribution < -0.4 is 16.6 Å². The summed E-state index contributed by atoms with van der Waals surface area (Å²) in [5.74, 6) is -0.106. The zero-order valence-corrected chi connectivity index (χ0v) is 17.7. The van der Waals surface area contributed by atoms with Crippen LogP contribution in [0.25, 0.3) is 21.3 Å². The number of fused-ring (bicyclic) bond motifs is 2. The van der Waals surface area contributed by atoms with Crippen LogP contribution in [0.3, 0.4) is 0 Å². The summed E-state index contributed by atoms with van der Waals surface area (Å²) in [6, 6.07) is 5.14. The lowest BCUT2D eigenvalue weighted by Gasteiger charge is -2.10. The van der Waals surface area contributed by atoms with Crippen LogP contribution in [0.15, 0.2) is 32.9 Å². The molecular weight excluding hydrogens is 410 g/mol. The molecule has 4 aromatic rings. The molecule has 0 bridgehead atoms. The van der Waals surface area contributed by atoms with E-state index in [1.165, 1.54) is 23.1 Å². The number of thiophene rings is 1. The first kappa shape index (κ1) is 19.5. The number of carbonyl (C=O) groups excluding carboxylic acids is 1. The molecule has 150 valence electrons. The molecule has 3 N–H and O–H groups in total. The smallest absolute Gasteiger partial charge is 0.323 e. The molecule has 10 heteroatoms. The maximum Gasteiger partial charge on any atom is 0.323 e. The molecule has 0 fully saturated rings. The van der Waals surface area contributed by atoms with Crippen molar-refractivity contribution >= 4 is 55.9 Å². The van der Waals surface area contributed by atoms with Gasteiger partial charge in [-0.15, -0.1) is 11.3 Å². The number of carbonyl (C=O) groups is 1. The van der Waals surface area contributed by atoms with Gasteiger partial charge in [0.1, 0.15) is 4.83 Å². The third kappa shape index (κ3) is 3.60. The molecule has 3 heterocycles. The number of hydrogen-bond donors (Lipinski definition) is 3. The molecule has 0 atom stereocenters. The number of anilines is 1. The highest BCUT2D eigenvalue weighted by molar-refractivity contribution is 7.99. The summed E-state index contributed by atoms with van der Waals surface area (Å²) >= 11 is 2.73. The fourth-order valence-electron chi connectivity index (χ4n) is 3.14. The molecule has 0 spiro atoms. The van der Waals surface area contributed by atoms with E-state index in [1.54, 1.807) is 22.8 Å². The minimum atomic E-state index is -0.294. The van der Waals surface area contributed by atoms with Gasteiger partial charge in [-0.1, -0.05) is 11.8 Å². The van der Waals surface area contributed by atoms with Crippen LogP contribution in [-0.2, 0) is 11.3 Å². The number of nitrogens with one attached hydrogen (secondary N) is 3. The average Bonchev–Trinajstić information content (AvgIpc) is 3.18. The Bertz CT molecular complexity index is 1360. The van der Waals surface area contributed by atoms with Gasteiger partial charge in [0.2, 0.25) is 5.91 Å². The standard InChI is InChI=1S/C19H19N5O3S2/c1-4-24-17(26)15-9(2)10(3)29-16(15)23-19(24)28-8-14(25)20-11-5-6-12-13(7-11)22-18(27)21-12/h5-7H,4,8H2,1-3H3,(H,20,25)(H2,21,22,27). The highest BCUT2D eigenvalue weighted by atomic mass is 32.2. The second kappa shape index (κ2) is 7.53. The number of rotatable bonds is 5. The molecule has 1 aromatic carbocycles. The highest BCUT2D eigenvalue weighted by Gasteiger charge is 2.17. The molecule has 1 amide bonds. The van der Waals surface area contributed by atoms with Gasteiger partial charge >= 0.3 is 5.69 Å². The Morgan fingerprint density at radius 3 is 2.76 bits per heavy atom. The average molecular weight is 430 g/mol. The molecular formula is C19H19N5O3S2. The van der Waals surface area contributed by atoms with Gasteiger partial charge in [0.25, 0.3) is 5.56 Å². The largest absolute Gasteiger partial charge is 0.325 e. The molecule has 0 aliphatic carbocycles. The van der Waals surface area contributed by atoms with Gasteiger partial charge in [0.15, 0.2) is 5.16 Å². The van der Waals surface area contributed by atoms with Crippen molar-refractivity contribution < 1.29 is 4.79 Å². The SMILES string of the molecule is CCn1c(SCC(=O)Nc2ccc3[nH]c(=O)[nH]c3c2)nc2sc(C)c(C)c2c1=O. The van der Waals surface area contributed by atoms with E-state index in [4.69, 9.17) is 0 Å². The number of aryl methyl sites for hydroxylation is 2. The predicted octanol–water partition coefficient (Wildman–Crippen LogP) is 3.00. The van der Waals surface area contributed by atoms with Gasteiger partial charge in [-0.3, -0.25) is 14.2 Å². The first-order valence-electron chi connectivity index (χ1n) is 9.02. The van der Waals surface area contributed by atoms with E-state index in [1.807, 2.05) is 20.8 Å². The molecule has 3 aromatic heterocycles. The van der Waals surface area contributed by atoms with E-state index in [0.717, 1.165) is 10.4 Å². The van der Waals surface area contributed by atoms with Crippen LogP contribution in [0.5, 0.6) is 0 Å². The van der Waals surface area contributed by atoms with Gasteiger partial charge in [0.05, 0.1) is 22.2 Å². The first-order chi connectivity index (χ1) is 13.9. The maximum atomic E-state index is 12.9. The van der Waals surface area contributed by atoms with Crippen molar-refractivity contribution in [2.75, 3.05) is 11.1 Å². The molecule has 4 rings (SSSR count). The summed E-state index contributed by atoms with van der Waals surface area (Å²) in [5, 5.41) is 4.01. The van der Waals surface area contributed by atoms with E-state index in [2.05, 4.69) is 20.3 Å². The van der Waals surface area contributed by atoms with Gasteiger partial charge in [-0.25, -0.2) is 9.78 Å². The fourth-order valence-corrected chi connectivity index (χ4v) is 5.07. The number of amides is 1. The van der Waals surface area contributed by atoms with Crippen LogP contribution >= 0.6 is 23.1 Å². The van der Waals surface area contributed by atoms with Crippen molar-refractivity contribution in [1.29, 1.82) is 0 Å². The van der Waals surface area contributed by atoms with Crippen molar-refractivity contribution in [3.05, 3.63) is 49.5 Å². The third-order valence-corrected chi connectivity index (χ3v) is 6.78. The zero-order valence-electron chi connectivity index (χ0n) is 16.1. The van der Waals surface area contributed by atoms with Crippen LogP contribution in [0.1, 0.15) is 17.4 Å². The van der Waals surface area contributed by atoms with Gasteiger partial charge in [-0.2, -0.15) is 0 Å². The summed E-state index contributed by atoms with van der Waals surface area (Å²) in [6.07, 6.45) is 0. The quantitative estimate of drug-likeness (QED) is 0.333. The van der Waals surface area contributed by atoms with Crippen LogP contribution in [-0.4, -0.2) is 31.2 Å². The molecule has 0 aliphatic heterocycles. The lowest BCUT2D eigenvalue weighted by Crippen LogP contribution is -2.23. The second-order valence-electron chi connectivity index (χ2n) is 6.58. The first-order valence-corrected chi connectivity index (χ1v) is 10.8. The van der Waals surface area contributed by atoms with Gasteiger partial charge < -0.3 is 15.3 Å². The van der Waals surface area contributed by atoms with Crippen molar-refractivity contribution in [3.8, 4) is 0 Å². The Morgan fingerprint density at radius 2 is 2.00 bits per heavy atom. The van der Waals surface area contributed by atoms with Crippen LogP contribution in [0.4, 0.5) is 5.69 Å². The Kier molecular flexibility index (Phi) is 5.05. The van der Waals surface area contributed by atoms with Crippen molar-refractivity contribution in [3.63, 3.8) is 0 Å². The maximum absolute atomic E-state index is 12.9. The molecule has 0 aliphatic rings. The van der Waals surface area contributed by atoms with Crippen LogP contribution in [0.2, 0.25) is 0 Å². The van der Waals surface area contributed by atoms with Crippen molar-refractivity contribution in [2.24, 2.45) is 0 Å². The number of H-pyrrole nitrogens is 2. The summed E-state index contributed by atoms with van der Waals surface area (Å²) < 4.78 is 1.61. The topological polar surface area (TPSA) is 113 Å². The third-order valence-electron chi connectivity index (χ3n) is 4.70. The van der Waals surface area contributed by atoms with Crippen LogP contribution in [0, 0.1) is 13.8 Å². The number of nitrogens with zero attached hydrogens (tertiary/aromatic N) is 2. The van der Waals surface area contributed by atoms with E-state index in [0.29, 0.717) is 38.6 Å².